The molecule has 0 radical (unpaired) electrons. The van der Waals surface area contributed by atoms with Gasteiger partial charge in [0.1, 0.15) is 0 Å². The van der Waals surface area contributed by atoms with Crippen LogP contribution in [0.25, 0.3) is 6.08 Å². The van der Waals surface area contributed by atoms with Crippen molar-refractivity contribution < 1.29 is 0 Å². The van der Waals surface area contributed by atoms with Crippen molar-refractivity contribution in [3.05, 3.63) is 114 Å². The Morgan fingerprint density at radius 1 is 0.760 bits per heavy atom. The zero-order valence-corrected chi connectivity index (χ0v) is 14.5. The maximum atomic E-state index is 3.51. The molecule has 25 heavy (non-hydrogen) atoms. The summed E-state index contributed by atoms with van der Waals surface area (Å²) in [6, 6.07) is 31.1. The summed E-state index contributed by atoms with van der Waals surface area (Å²) in [6.07, 6.45) is 5.26. The summed E-state index contributed by atoms with van der Waals surface area (Å²) in [5, 5.41) is 0. The summed E-state index contributed by atoms with van der Waals surface area (Å²) in [7, 11) is 0. The van der Waals surface area contributed by atoms with Crippen LogP contribution in [0, 0.1) is 11.8 Å². The molecule has 0 N–H and O–H groups in total. The van der Waals surface area contributed by atoms with Crippen LogP contribution in [0.1, 0.15) is 30.0 Å². The predicted molar refractivity (Wildman–Crippen MR) is 107 cm³/mol. The third kappa shape index (κ3) is 4.72. The highest BCUT2D eigenvalue weighted by molar-refractivity contribution is 5.50. The maximum absolute atomic E-state index is 3.51. The zero-order chi connectivity index (χ0) is 17.4. The first kappa shape index (κ1) is 16.8. The van der Waals surface area contributed by atoms with Gasteiger partial charge in [-0.3, -0.25) is 0 Å². The van der Waals surface area contributed by atoms with E-state index >= 15 is 0 Å². The second-order valence-corrected chi connectivity index (χ2v) is 6.33. The van der Waals surface area contributed by atoms with Gasteiger partial charge < -0.3 is 0 Å². The lowest BCUT2D eigenvalue weighted by Crippen LogP contribution is -2.18. The van der Waals surface area contributed by atoms with E-state index in [0.717, 1.165) is 12.0 Å². The Bertz CT molecular complexity index is 865. The molecule has 0 saturated carbocycles. The second-order valence-electron chi connectivity index (χ2n) is 6.33. The van der Waals surface area contributed by atoms with Crippen molar-refractivity contribution in [2.45, 2.75) is 18.8 Å². The number of rotatable bonds is 4. The van der Waals surface area contributed by atoms with Gasteiger partial charge in [0.25, 0.3) is 0 Å². The Labute approximate surface area is 150 Å². The van der Waals surface area contributed by atoms with Crippen molar-refractivity contribution >= 4 is 6.08 Å². The molecule has 0 nitrogen and oxygen atoms in total. The van der Waals surface area contributed by atoms with Crippen molar-refractivity contribution in [1.82, 2.24) is 0 Å². The lowest BCUT2D eigenvalue weighted by molar-refractivity contribution is 0.631. The smallest absolute Gasteiger partial charge is 0.0572 e. The van der Waals surface area contributed by atoms with Crippen LogP contribution in [-0.2, 0) is 5.41 Å². The van der Waals surface area contributed by atoms with E-state index < -0.39 is 0 Å². The molecule has 3 aromatic rings. The normalized spacial score (nSPS) is 13.0. The summed E-state index contributed by atoms with van der Waals surface area (Å²) < 4.78 is 0. The van der Waals surface area contributed by atoms with E-state index in [0.29, 0.717) is 0 Å². The topological polar surface area (TPSA) is 0 Å². The lowest BCUT2D eigenvalue weighted by Gasteiger charge is -2.22. The number of benzene rings is 3. The number of hydrogen-bond acceptors (Lipinski definition) is 0. The highest BCUT2D eigenvalue weighted by Gasteiger charge is 2.22. The minimum Gasteiger partial charge on any atom is -0.0862 e. The third-order valence-electron chi connectivity index (χ3n) is 4.30. The Balaban J connectivity index is 1.87. The molecule has 0 heterocycles. The number of allylic oxidation sites excluding steroid dienone is 1. The summed E-state index contributed by atoms with van der Waals surface area (Å²) in [5.41, 5.74) is 3.30. The highest BCUT2D eigenvalue weighted by atomic mass is 14.2. The van der Waals surface area contributed by atoms with Crippen molar-refractivity contribution in [2.75, 3.05) is 0 Å². The fraction of sp³-hybridized carbons (Fsp3) is 0.120. The summed E-state index contributed by atoms with van der Waals surface area (Å²) in [4.78, 5) is 0. The Morgan fingerprint density at radius 3 is 1.96 bits per heavy atom. The van der Waals surface area contributed by atoms with Crippen molar-refractivity contribution in [3.63, 3.8) is 0 Å². The average molecular weight is 322 g/mol. The molecule has 0 heteroatoms. The minimum absolute atomic E-state index is 0.220. The molecular weight excluding hydrogens is 300 g/mol. The Kier molecular flexibility index (Phi) is 5.50. The summed E-state index contributed by atoms with van der Waals surface area (Å²) in [6.45, 7) is 2.22. The summed E-state index contributed by atoms with van der Waals surface area (Å²) in [5.74, 6) is 6.86. The van der Waals surface area contributed by atoms with E-state index in [1.807, 2.05) is 30.3 Å². The van der Waals surface area contributed by atoms with E-state index in [-0.39, 0.29) is 5.41 Å². The molecule has 0 aromatic heterocycles. The van der Waals surface area contributed by atoms with Gasteiger partial charge in [-0.05, 0) is 36.6 Å². The monoisotopic (exact) mass is 322 g/mol. The first-order valence-corrected chi connectivity index (χ1v) is 8.62. The Morgan fingerprint density at radius 2 is 1.32 bits per heavy atom. The van der Waals surface area contributed by atoms with Crippen LogP contribution < -0.4 is 0 Å². The van der Waals surface area contributed by atoms with Gasteiger partial charge in [0.05, 0.1) is 5.41 Å². The number of hydrogen-bond donors (Lipinski definition) is 0. The van der Waals surface area contributed by atoms with Gasteiger partial charge in [0.15, 0.2) is 0 Å². The molecule has 0 spiro atoms. The van der Waals surface area contributed by atoms with Gasteiger partial charge in [-0.2, -0.15) is 0 Å². The molecule has 0 amide bonds. The van der Waals surface area contributed by atoms with Gasteiger partial charge in [0.2, 0.25) is 0 Å². The van der Waals surface area contributed by atoms with Crippen LogP contribution in [0.2, 0.25) is 0 Å². The van der Waals surface area contributed by atoms with Gasteiger partial charge in [0, 0.05) is 5.56 Å². The first-order valence-electron chi connectivity index (χ1n) is 8.62. The Hall–Kier alpha value is -3.04. The van der Waals surface area contributed by atoms with E-state index in [9.17, 15) is 0 Å². The molecular formula is C25H22. The molecule has 0 aliphatic carbocycles. The van der Waals surface area contributed by atoms with Crippen molar-refractivity contribution in [2.24, 2.45) is 0 Å². The zero-order valence-electron chi connectivity index (χ0n) is 14.5. The van der Waals surface area contributed by atoms with E-state index in [1.54, 1.807) is 0 Å². The SMILES string of the molecule is C[C@@](C#Cc1ccccc1)(C/C=C\c1ccccc1)c1ccccc1. The first-order chi connectivity index (χ1) is 12.3. The highest BCUT2D eigenvalue weighted by Crippen LogP contribution is 2.28. The van der Waals surface area contributed by atoms with Crippen LogP contribution in [0.5, 0.6) is 0 Å². The van der Waals surface area contributed by atoms with Crippen LogP contribution >= 0.6 is 0 Å². The van der Waals surface area contributed by atoms with Gasteiger partial charge >= 0.3 is 0 Å². The fourth-order valence-corrected chi connectivity index (χ4v) is 2.77. The summed E-state index contributed by atoms with van der Waals surface area (Å²) >= 11 is 0. The maximum Gasteiger partial charge on any atom is 0.0572 e. The molecule has 1 atom stereocenters. The molecule has 0 saturated heterocycles. The van der Waals surface area contributed by atoms with Gasteiger partial charge in [-0.1, -0.05) is 103 Å². The molecule has 0 fully saturated rings. The quantitative estimate of drug-likeness (QED) is 0.509. The lowest BCUT2D eigenvalue weighted by atomic mass is 9.79. The van der Waals surface area contributed by atoms with Crippen molar-refractivity contribution in [3.8, 4) is 11.8 Å². The van der Waals surface area contributed by atoms with E-state index in [4.69, 9.17) is 0 Å². The molecule has 3 aromatic carbocycles. The van der Waals surface area contributed by atoms with Crippen LogP contribution in [0.4, 0.5) is 0 Å². The van der Waals surface area contributed by atoms with Crippen LogP contribution in [0.3, 0.4) is 0 Å². The van der Waals surface area contributed by atoms with Crippen LogP contribution in [-0.4, -0.2) is 0 Å². The molecule has 3 rings (SSSR count). The van der Waals surface area contributed by atoms with Crippen molar-refractivity contribution in [1.29, 1.82) is 0 Å². The second kappa shape index (κ2) is 8.18. The molecule has 122 valence electrons. The van der Waals surface area contributed by atoms with E-state index in [2.05, 4.69) is 91.6 Å². The largest absolute Gasteiger partial charge is 0.0862 e. The molecule has 0 bridgehead atoms. The fourth-order valence-electron chi connectivity index (χ4n) is 2.77. The molecule has 0 unspecified atom stereocenters. The minimum atomic E-state index is -0.220. The average Bonchev–Trinajstić information content (AvgIpc) is 2.69. The van der Waals surface area contributed by atoms with Crippen LogP contribution in [0.15, 0.2) is 97.1 Å². The standard InChI is InChI=1S/C25H22/c1-25(24-17-9-4-10-18-24,21-19-23-14-7-3-8-15-23)20-11-16-22-12-5-2-6-13-22/h2-18H,20H2,1H3/b16-11-/t25-/m0/s1. The van der Waals surface area contributed by atoms with E-state index in [1.165, 1.54) is 11.1 Å². The van der Waals surface area contributed by atoms with Gasteiger partial charge in [-0.25, -0.2) is 0 Å². The predicted octanol–water partition coefficient (Wildman–Crippen LogP) is 6.10. The molecule has 0 aliphatic heterocycles. The molecule has 0 aliphatic rings. The van der Waals surface area contributed by atoms with Gasteiger partial charge in [-0.15, -0.1) is 0 Å². The third-order valence-corrected chi connectivity index (χ3v) is 4.30.